The van der Waals surface area contributed by atoms with E-state index in [-0.39, 0.29) is 56.9 Å². The largest absolute Gasteiger partial charge is 1.00 e. The zero-order chi connectivity index (χ0) is 13.8. The van der Waals surface area contributed by atoms with Gasteiger partial charge in [0.1, 0.15) is 5.75 Å². The molecule has 0 aliphatic rings. The van der Waals surface area contributed by atoms with Crippen LogP contribution in [-0.4, -0.2) is 39.1 Å². The molecule has 0 bridgehead atoms. The minimum absolute atomic E-state index is 0. The first-order valence-electron chi connectivity index (χ1n) is 5.88. The normalized spacial score (nSPS) is 11.3. The quantitative estimate of drug-likeness (QED) is 0.513. The van der Waals surface area contributed by atoms with Gasteiger partial charge in [0.05, 0.1) is 6.61 Å². The van der Waals surface area contributed by atoms with Crippen molar-refractivity contribution < 1.29 is 69.1 Å². The molecule has 0 aliphatic carbocycles. The molecule has 0 saturated carbocycles. The van der Waals surface area contributed by atoms with Crippen LogP contribution in [-0.2, 0) is 0 Å². The van der Waals surface area contributed by atoms with Gasteiger partial charge in [0.2, 0.25) is 0 Å². The first-order chi connectivity index (χ1) is 8.30. The maximum Gasteiger partial charge on any atom is 1.00 e. The zero-order valence-electron chi connectivity index (χ0n) is 11.9. The maximum absolute atomic E-state index is 12.6. The monoisotopic (exact) mass is 299 g/mol. The Morgan fingerprint density at radius 2 is 1.84 bits per heavy atom. The second-order valence-corrected chi connectivity index (χ2v) is 4.60. The van der Waals surface area contributed by atoms with E-state index in [2.05, 4.69) is 0 Å². The molecule has 102 valence electrons. The van der Waals surface area contributed by atoms with Crippen LogP contribution in [0.5, 0.6) is 5.75 Å². The van der Waals surface area contributed by atoms with E-state index < -0.39 is 12.4 Å². The van der Waals surface area contributed by atoms with Crippen LogP contribution >= 0.6 is 0 Å². The summed E-state index contributed by atoms with van der Waals surface area (Å²) in [6.45, 7) is -2.08. The average molecular weight is 299 g/mol. The summed E-state index contributed by atoms with van der Waals surface area (Å²) in [6.07, 6.45) is 0.844. The van der Waals surface area contributed by atoms with Gasteiger partial charge in [-0.05, 0) is 39.6 Å². The summed E-state index contributed by atoms with van der Waals surface area (Å²) >= 11 is 0. The van der Waals surface area contributed by atoms with Crippen molar-refractivity contribution in [2.24, 2.45) is 0 Å². The topological polar surface area (TPSA) is 12.5 Å². The Morgan fingerprint density at radius 3 is 2.32 bits per heavy atom. The molecule has 1 aromatic rings. The van der Waals surface area contributed by atoms with Crippen molar-refractivity contribution in [2.75, 3.05) is 27.2 Å². The van der Waals surface area contributed by atoms with Gasteiger partial charge in [-0.25, -0.2) is 0 Å². The van der Waals surface area contributed by atoms with Gasteiger partial charge in [0, 0.05) is 6.54 Å². The minimum Gasteiger partial charge on any atom is -0.494 e. The molecule has 19 heavy (non-hydrogen) atoms. The molecular weight excluding hydrogens is 281 g/mol. The van der Waals surface area contributed by atoms with E-state index in [9.17, 15) is 12.9 Å². The first-order valence-corrected chi connectivity index (χ1v) is 5.88. The van der Waals surface area contributed by atoms with Crippen molar-refractivity contribution in [3.63, 3.8) is 0 Å². The van der Waals surface area contributed by atoms with Gasteiger partial charge in [-0.1, -0.05) is 11.6 Å². The molecule has 0 atom stereocenters. The van der Waals surface area contributed by atoms with Crippen molar-refractivity contribution in [1.82, 2.24) is 4.90 Å². The van der Waals surface area contributed by atoms with Gasteiger partial charge >= 0.3 is 58.4 Å². The zero-order valence-corrected chi connectivity index (χ0v) is 15.0. The van der Waals surface area contributed by atoms with Gasteiger partial charge in [-0.15, -0.1) is 5.46 Å². The summed E-state index contributed by atoms with van der Waals surface area (Å²) in [7, 11) is 3.93. The molecule has 1 aromatic carbocycles. The third kappa shape index (κ3) is 7.15. The van der Waals surface area contributed by atoms with Gasteiger partial charge in [0.15, 0.2) is 0 Å². The molecular formula is C12H18BF3KNO. The fraction of sp³-hybridized carbons (Fsp3) is 0.500. The Kier molecular flexibility index (Phi) is 8.91. The Hall–Kier alpha value is 0.471. The van der Waals surface area contributed by atoms with Gasteiger partial charge in [-0.2, -0.15) is 0 Å². The van der Waals surface area contributed by atoms with E-state index in [1.807, 2.05) is 19.0 Å². The molecule has 0 unspecified atom stereocenters. The van der Waals surface area contributed by atoms with Crippen molar-refractivity contribution in [2.45, 2.75) is 13.3 Å². The van der Waals surface area contributed by atoms with E-state index in [0.29, 0.717) is 12.4 Å². The van der Waals surface area contributed by atoms with Crippen LogP contribution in [0.4, 0.5) is 12.9 Å². The third-order valence-corrected chi connectivity index (χ3v) is 2.61. The summed E-state index contributed by atoms with van der Waals surface area (Å²) in [5, 5.41) is 0. The fourth-order valence-corrected chi connectivity index (χ4v) is 1.68. The summed E-state index contributed by atoms with van der Waals surface area (Å²) in [5.74, 6) is 0.495. The maximum atomic E-state index is 12.6. The SMILES string of the molecule is Cc1cc(OCCCN(C)C)ccc1[B-](F)(F)F.[K+]. The van der Waals surface area contributed by atoms with E-state index in [0.717, 1.165) is 19.0 Å². The van der Waals surface area contributed by atoms with Crippen LogP contribution < -0.4 is 61.6 Å². The molecule has 0 N–H and O–H groups in total. The van der Waals surface area contributed by atoms with Crippen LogP contribution in [0, 0.1) is 6.92 Å². The van der Waals surface area contributed by atoms with E-state index in [1.165, 1.54) is 19.1 Å². The van der Waals surface area contributed by atoms with Crippen LogP contribution in [0.15, 0.2) is 18.2 Å². The number of halogens is 3. The molecule has 0 fully saturated rings. The van der Waals surface area contributed by atoms with Crippen LogP contribution in [0.1, 0.15) is 12.0 Å². The smallest absolute Gasteiger partial charge is 0.494 e. The molecule has 1 rings (SSSR count). The summed E-state index contributed by atoms with van der Waals surface area (Å²) in [6, 6.07) is 3.92. The van der Waals surface area contributed by atoms with E-state index in [1.54, 1.807) is 0 Å². The Bertz CT molecular complexity index is 399. The number of hydrogen-bond donors (Lipinski definition) is 0. The summed E-state index contributed by atoms with van der Waals surface area (Å²) < 4.78 is 43.2. The number of rotatable bonds is 6. The van der Waals surface area contributed by atoms with Crippen molar-refractivity contribution in [3.8, 4) is 5.75 Å². The average Bonchev–Trinajstić information content (AvgIpc) is 2.22. The van der Waals surface area contributed by atoms with Crippen molar-refractivity contribution in [1.29, 1.82) is 0 Å². The second-order valence-electron chi connectivity index (χ2n) is 4.60. The first kappa shape index (κ1) is 19.5. The number of benzene rings is 1. The van der Waals surface area contributed by atoms with Gasteiger partial charge < -0.3 is 22.6 Å². The van der Waals surface area contributed by atoms with Crippen molar-refractivity contribution in [3.05, 3.63) is 23.8 Å². The Morgan fingerprint density at radius 1 is 1.21 bits per heavy atom. The molecule has 0 saturated heterocycles. The van der Waals surface area contributed by atoms with Gasteiger partial charge in [-0.3, -0.25) is 0 Å². The molecule has 0 spiro atoms. The fourth-order valence-electron chi connectivity index (χ4n) is 1.68. The number of nitrogens with zero attached hydrogens (tertiary/aromatic N) is 1. The molecule has 0 heterocycles. The molecule has 7 heteroatoms. The predicted molar refractivity (Wildman–Crippen MR) is 68.6 cm³/mol. The van der Waals surface area contributed by atoms with Crippen LogP contribution in [0.2, 0.25) is 0 Å². The number of ether oxygens (including phenoxy) is 1. The second kappa shape index (κ2) is 8.69. The summed E-state index contributed by atoms with van der Waals surface area (Å²) in [4.78, 5) is 2.03. The predicted octanol–water partition coefficient (Wildman–Crippen LogP) is -0.616. The third-order valence-electron chi connectivity index (χ3n) is 2.61. The number of aryl methyl sites for hydroxylation is 1. The van der Waals surface area contributed by atoms with Crippen LogP contribution in [0.25, 0.3) is 0 Å². The van der Waals surface area contributed by atoms with Crippen LogP contribution in [0.3, 0.4) is 0 Å². The van der Waals surface area contributed by atoms with E-state index in [4.69, 9.17) is 4.74 Å². The summed E-state index contributed by atoms with van der Waals surface area (Å²) in [5.41, 5.74) is -0.330. The van der Waals surface area contributed by atoms with Crippen molar-refractivity contribution >= 4 is 12.4 Å². The van der Waals surface area contributed by atoms with Gasteiger partial charge in [0.25, 0.3) is 0 Å². The Labute approximate surface area is 155 Å². The molecule has 0 radical (unpaired) electrons. The standard InChI is InChI=1S/C12H18BF3NO.K/c1-10-9-11(18-8-4-7-17(2)3)5-6-12(10)13(14,15)16;/h5-6,9H,4,7-8H2,1-3H3;/q-1;+1. The molecule has 0 amide bonds. The molecule has 0 aliphatic heterocycles. The minimum atomic E-state index is -4.94. The number of hydrogen-bond acceptors (Lipinski definition) is 2. The molecule has 2 nitrogen and oxygen atoms in total. The molecule has 0 aromatic heterocycles. The Balaban J connectivity index is 0.00000324. The van der Waals surface area contributed by atoms with E-state index >= 15 is 0 Å².